The summed E-state index contributed by atoms with van der Waals surface area (Å²) < 4.78 is 16.3. The first-order valence-electron chi connectivity index (χ1n) is 11.7. The Kier molecular flexibility index (Phi) is 10.4. The van der Waals surface area contributed by atoms with E-state index in [1.54, 1.807) is 49.4 Å². The van der Waals surface area contributed by atoms with E-state index in [2.05, 4.69) is 5.32 Å². The third-order valence-corrected chi connectivity index (χ3v) is 6.10. The second-order valence-electron chi connectivity index (χ2n) is 7.83. The molecule has 0 bridgehead atoms. The van der Waals surface area contributed by atoms with Crippen molar-refractivity contribution in [1.29, 1.82) is 0 Å². The molecule has 0 spiro atoms. The Morgan fingerprint density at radius 2 is 1.89 bits per heavy atom. The van der Waals surface area contributed by atoms with Crippen LogP contribution in [0.15, 0.2) is 47.4 Å². The minimum atomic E-state index is -0.628. The van der Waals surface area contributed by atoms with Gasteiger partial charge in [-0.15, -0.1) is 0 Å². The summed E-state index contributed by atoms with van der Waals surface area (Å²) in [5.41, 5.74) is 1.12. The summed E-state index contributed by atoms with van der Waals surface area (Å²) in [4.78, 5) is 50.3. The molecule has 2 aromatic rings. The molecular weight excluding hydrogens is 520 g/mol. The molecule has 11 heteroatoms. The molecule has 1 saturated heterocycles. The first-order valence-corrected chi connectivity index (χ1v) is 12.9. The van der Waals surface area contributed by atoms with E-state index in [4.69, 9.17) is 25.8 Å². The van der Waals surface area contributed by atoms with Crippen molar-refractivity contribution >= 4 is 58.1 Å². The second kappa shape index (κ2) is 13.7. The van der Waals surface area contributed by atoms with Crippen molar-refractivity contribution in [3.8, 4) is 11.5 Å². The van der Waals surface area contributed by atoms with Crippen LogP contribution in [0, 0.1) is 0 Å². The van der Waals surface area contributed by atoms with Crippen molar-refractivity contribution in [2.24, 2.45) is 0 Å². The maximum absolute atomic E-state index is 12.7. The quantitative estimate of drug-likeness (QED) is 0.221. The third-order valence-electron chi connectivity index (χ3n) is 4.95. The maximum Gasteiger partial charge on any atom is 0.326 e. The summed E-state index contributed by atoms with van der Waals surface area (Å²) >= 11 is 6.68. The van der Waals surface area contributed by atoms with Gasteiger partial charge in [0.2, 0.25) is 0 Å². The number of nitrogens with one attached hydrogen (secondary N) is 1. The number of amides is 3. The molecule has 0 aliphatic carbocycles. The average Bonchev–Trinajstić information content (AvgIpc) is 3.11. The van der Waals surface area contributed by atoms with Crippen molar-refractivity contribution in [1.82, 2.24) is 4.90 Å². The van der Waals surface area contributed by atoms with Crippen LogP contribution < -0.4 is 14.8 Å². The molecule has 1 fully saturated rings. The largest absolute Gasteiger partial charge is 0.490 e. The molecule has 1 heterocycles. The summed E-state index contributed by atoms with van der Waals surface area (Å²) in [6, 6.07) is 11.7. The van der Waals surface area contributed by atoms with Crippen LogP contribution in [0.2, 0.25) is 5.02 Å². The molecule has 1 aliphatic heterocycles. The van der Waals surface area contributed by atoms with Crippen molar-refractivity contribution in [3.63, 3.8) is 0 Å². The number of esters is 1. The van der Waals surface area contributed by atoms with Crippen molar-refractivity contribution in [2.75, 3.05) is 31.7 Å². The van der Waals surface area contributed by atoms with Crippen LogP contribution in [0.1, 0.15) is 32.3 Å². The fourth-order valence-electron chi connectivity index (χ4n) is 3.20. The van der Waals surface area contributed by atoms with Gasteiger partial charge in [-0.25, -0.2) is 0 Å². The molecular formula is C26H27ClN2O7S. The zero-order valence-electron chi connectivity index (χ0n) is 20.5. The molecule has 0 saturated carbocycles. The van der Waals surface area contributed by atoms with E-state index in [9.17, 15) is 19.2 Å². The lowest BCUT2D eigenvalue weighted by molar-refractivity contribution is -0.146. The summed E-state index contributed by atoms with van der Waals surface area (Å²) in [5.74, 6) is -0.876. The third kappa shape index (κ3) is 8.26. The lowest BCUT2D eigenvalue weighted by Crippen LogP contribution is -2.34. The highest BCUT2D eigenvalue weighted by atomic mass is 35.5. The Bertz CT molecular complexity index is 1200. The van der Waals surface area contributed by atoms with Gasteiger partial charge in [-0.2, -0.15) is 0 Å². The SMILES string of the molecule is CCCCOC(=O)CN1C(=O)S/C(=C/c2ccc(OCC(=O)Nc3cccc(Cl)c3)c(OCC)c2)C1=O. The molecule has 0 atom stereocenters. The first-order chi connectivity index (χ1) is 17.8. The topological polar surface area (TPSA) is 111 Å². The number of carbonyl (C=O) groups excluding carboxylic acids is 4. The molecule has 1 N–H and O–H groups in total. The van der Waals surface area contributed by atoms with Crippen molar-refractivity contribution in [3.05, 3.63) is 58.0 Å². The van der Waals surface area contributed by atoms with E-state index in [-0.39, 0.29) is 24.0 Å². The van der Waals surface area contributed by atoms with Gasteiger partial charge in [0, 0.05) is 10.7 Å². The molecule has 1 aliphatic rings. The monoisotopic (exact) mass is 546 g/mol. The number of hydrogen-bond acceptors (Lipinski definition) is 8. The van der Waals surface area contributed by atoms with Gasteiger partial charge in [0.05, 0.1) is 18.1 Å². The summed E-state index contributed by atoms with van der Waals surface area (Å²) in [6.07, 6.45) is 3.11. The van der Waals surface area contributed by atoms with Crippen LogP contribution in [-0.2, 0) is 19.1 Å². The van der Waals surface area contributed by atoms with Crippen molar-refractivity contribution < 1.29 is 33.4 Å². The van der Waals surface area contributed by atoms with Crippen LogP contribution in [0.25, 0.3) is 6.08 Å². The van der Waals surface area contributed by atoms with Crippen LogP contribution in [0.3, 0.4) is 0 Å². The van der Waals surface area contributed by atoms with Gasteiger partial charge in [-0.05, 0) is 67.1 Å². The van der Waals surface area contributed by atoms with Gasteiger partial charge in [0.1, 0.15) is 6.54 Å². The summed E-state index contributed by atoms with van der Waals surface area (Å²) in [5, 5.41) is 2.65. The standard InChI is InChI=1S/C26H27ClN2O7S/c1-3-5-11-35-24(31)15-29-25(32)22(37-26(29)33)13-17-9-10-20(21(12-17)34-4-2)36-16-23(30)28-19-8-6-7-18(27)14-19/h6-10,12-14H,3-5,11,15-16H2,1-2H3,(H,28,30)/b22-13+. The van der Waals surface area contributed by atoms with Gasteiger partial charge in [0.15, 0.2) is 18.1 Å². The molecule has 196 valence electrons. The Morgan fingerprint density at radius 1 is 1.08 bits per heavy atom. The minimum absolute atomic E-state index is 0.170. The second-order valence-corrected chi connectivity index (χ2v) is 9.26. The zero-order chi connectivity index (χ0) is 26.8. The van der Waals surface area contributed by atoms with E-state index in [1.807, 2.05) is 6.92 Å². The highest BCUT2D eigenvalue weighted by Crippen LogP contribution is 2.34. The molecule has 0 aromatic heterocycles. The number of ether oxygens (including phenoxy) is 3. The number of hydrogen-bond donors (Lipinski definition) is 1. The van der Waals surface area contributed by atoms with E-state index in [0.29, 0.717) is 40.8 Å². The highest BCUT2D eigenvalue weighted by molar-refractivity contribution is 8.18. The lowest BCUT2D eigenvalue weighted by Gasteiger charge is -2.13. The Hall–Kier alpha value is -3.50. The summed E-state index contributed by atoms with van der Waals surface area (Å²) in [6.45, 7) is 3.65. The van der Waals surface area contributed by atoms with E-state index >= 15 is 0 Å². The number of rotatable bonds is 12. The lowest BCUT2D eigenvalue weighted by atomic mass is 10.2. The number of anilines is 1. The van der Waals surface area contributed by atoms with Gasteiger partial charge >= 0.3 is 5.97 Å². The number of thioether (sulfide) groups is 1. The molecule has 3 amide bonds. The Labute approximate surface area is 224 Å². The van der Waals surface area contributed by atoms with Crippen LogP contribution in [0.4, 0.5) is 10.5 Å². The molecule has 0 unspecified atom stereocenters. The Morgan fingerprint density at radius 3 is 2.62 bits per heavy atom. The molecule has 3 rings (SSSR count). The van der Waals surface area contributed by atoms with Crippen LogP contribution >= 0.6 is 23.4 Å². The number of imide groups is 1. The number of benzene rings is 2. The molecule has 9 nitrogen and oxygen atoms in total. The van der Waals surface area contributed by atoms with E-state index in [1.165, 1.54) is 6.08 Å². The number of nitrogens with zero attached hydrogens (tertiary/aromatic N) is 1. The van der Waals surface area contributed by atoms with Crippen LogP contribution in [0.5, 0.6) is 11.5 Å². The Balaban J connectivity index is 1.65. The molecule has 37 heavy (non-hydrogen) atoms. The normalized spacial score (nSPS) is 14.1. The fraction of sp³-hybridized carbons (Fsp3) is 0.308. The number of halogens is 1. The molecule has 2 aromatic carbocycles. The van der Waals surface area contributed by atoms with E-state index in [0.717, 1.165) is 23.1 Å². The minimum Gasteiger partial charge on any atom is -0.490 e. The van der Waals surface area contributed by atoms with Gasteiger partial charge in [-0.1, -0.05) is 37.1 Å². The van der Waals surface area contributed by atoms with Gasteiger partial charge in [0.25, 0.3) is 17.1 Å². The zero-order valence-corrected chi connectivity index (χ0v) is 22.0. The van der Waals surface area contributed by atoms with Crippen LogP contribution in [-0.4, -0.2) is 54.3 Å². The van der Waals surface area contributed by atoms with Gasteiger partial charge < -0.3 is 19.5 Å². The predicted molar refractivity (Wildman–Crippen MR) is 142 cm³/mol. The maximum atomic E-state index is 12.7. The average molecular weight is 547 g/mol. The first kappa shape index (κ1) is 28.1. The number of carbonyl (C=O) groups is 4. The molecule has 0 radical (unpaired) electrons. The predicted octanol–water partition coefficient (Wildman–Crippen LogP) is 5.14. The fourth-order valence-corrected chi connectivity index (χ4v) is 4.23. The highest BCUT2D eigenvalue weighted by Gasteiger charge is 2.36. The summed E-state index contributed by atoms with van der Waals surface area (Å²) in [7, 11) is 0. The smallest absolute Gasteiger partial charge is 0.326 e. The van der Waals surface area contributed by atoms with E-state index < -0.39 is 23.7 Å². The number of unbranched alkanes of at least 4 members (excludes halogenated alkanes) is 1. The van der Waals surface area contributed by atoms with Gasteiger partial charge in [-0.3, -0.25) is 24.1 Å². The van der Waals surface area contributed by atoms with Crippen molar-refractivity contribution in [2.45, 2.75) is 26.7 Å².